The van der Waals surface area contributed by atoms with E-state index >= 15 is 0 Å². The number of nitrogens with zero attached hydrogens (tertiary/aromatic N) is 2. The van der Waals surface area contributed by atoms with Gasteiger partial charge >= 0.3 is 12.4 Å². The summed E-state index contributed by atoms with van der Waals surface area (Å²) >= 11 is 0. The third kappa shape index (κ3) is 6.87. The van der Waals surface area contributed by atoms with Crippen LogP contribution in [0.15, 0.2) is 54.6 Å². The number of ether oxygens (including phenoxy) is 1. The highest BCUT2D eigenvalue weighted by atomic mass is 32.2. The Hall–Kier alpha value is -3.65. The molecule has 208 valence electrons. The second kappa shape index (κ2) is 10.5. The molecule has 3 aromatic rings. The summed E-state index contributed by atoms with van der Waals surface area (Å²) in [5.41, 5.74) is -2.31. The smallest absolute Gasteiger partial charge is 0.416 e. The number of alkyl halides is 6. The van der Waals surface area contributed by atoms with Crippen molar-refractivity contribution in [2.45, 2.75) is 25.4 Å². The van der Waals surface area contributed by atoms with Gasteiger partial charge in [0, 0.05) is 12.1 Å². The number of rotatable bonds is 6. The summed E-state index contributed by atoms with van der Waals surface area (Å²) in [6, 6.07) is 11.1. The van der Waals surface area contributed by atoms with Crippen molar-refractivity contribution in [2.75, 3.05) is 19.4 Å². The predicted molar refractivity (Wildman–Crippen MR) is 128 cm³/mol. The van der Waals surface area contributed by atoms with Crippen molar-refractivity contribution >= 4 is 15.9 Å². The molecule has 1 amide bonds. The lowest BCUT2D eigenvalue weighted by Gasteiger charge is -2.22. The molecule has 1 aromatic heterocycles. The maximum absolute atomic E-state index is 13.7. The number of hydrogen-bond donors (Lipinski definition) is 1. The fraction of sp³-hybridized carbons (Fsp3) is 0.280. The summed E-state index contributed by atoms with van der Waals surface area (Å²) < 4.78 is 111. The van der Waals surface area contributed by atoms with Gasteiger partial charge in [0.25, 0.3) is 5.91 Å². The Labute approximate surface area is 219 Å². The lowest BCUT2D eigenvalue weighted by atomic mass is 9.98. The van der Waals surface area contributed by atoms with Crippen LogP contribution in [0.1, 0.15) is 32.7 Å². The van der Waals surface area contributed by atoms with Crippen molar-refractivity contribution in [2.24, 2.45) is 0 Å². The average Bonchev–Trinajstić information content (AvgIpc) is 3.00. The largest absolute Gasteiger partial charge is 0.475 e. The van der Waals surface area contributed by atoms with Crippen molar-refractivity contribution in [3.05, 3.63) is 82.5 Å². The summed E-state index contributed by atoms with van der Waals surface area (Å²) in [6.07, 6.45) is -9.10. The van der Waals surface area contributed by atoms with Crippen LogP contribution in [0.5, 0.6) is 5.88 Å². The molecule has 0 unspecified atom stereocenters. The van der Waals surface area contributed by atoms with Gasteiger partial charge < -0.3 is 9.64 Å². The third-order valence-electron chi connectivity index (χ3n) is 5.76. The molecule has 0 bridgehead atoms. The molecule has 0 saturated heterocycles. The normalized spacial score (nSPS) is 14.5. The maximum atomic E-state index is 13.7. The van der Waals surface area contributed by atoms with E-state index in [1.54, 1.807) is 30.3 Å². The molecule has 1 aliphatic heterocycles. The van der Waals surface area contributed by atoms with Gasteiger partial charge in [-0.25, -0.2) is 18.1 Å². The van der Waals surface area contributed by atoms with E-state index in [9.17, 15) is 39.6 Å². The molecule has 4 rings (SSSR count). The summed E-state index contributed by atoms with van der Waals surface area (Å²) in [6.45, 7) is -1.08. The third-order valence-corrected chi connectivity index (χ3v) is 6.43. The van der Waals surface area contributed by atoms with E-state index in [4.69, 9.17) is 4.74 Å². The quantitative estimate of drug-likeness (QED) is 0.426. The standard InChI is InChI=1S/C25H21F6N3O4S/c1-39(36,37)32-13-19-12-20(16-5-3-2-4-6-16)21-22(33-19)38-8-7-34(23(21)35)14-15-9-17(24(26,27)28)11-18(10-15)25(29,30)31/h2-6,9-12,32H,7-8,13-14H2,1H3. The molecule has 0 aliphatic carbocycles. The van der Waals surface area contributed by atoms with Crippen LogP contribution < -0.4 is 9.46 Å². The summed E-state index contributed by atoms with van der Waals surface area (Å²) in [7, 11) is -3.58. The van der Waals surface area contributed by atoms with Crippen LogP contribution in [0.25, 0.3) is 11.1 Å². The molecular weight excluding hydrogens is 552 g/mol. The molecule has 0 fully saturated rings. The molecule has 0 saturated carbocycles. The highest BCUT2D eigenvalue weighted by Crippen LogP contribution is 2.37. The number of amides is 1. The minimum atomic E-state index is -5.03. The molecule has 0 spiro atoms. The number of fused-ring (bicyclic) bond motifs is 1. The number of pyridine rings is 1. The molecule has 0 atom stereocenters. The van der Waals surface area contributed by atoms with Gasteiger partial charge in [0.15, 0.2) is 0 Å². The number of halogens is 6. The van der Waals surface area contributed by atoms with Crippen LogP contribution in [-0.4, -0.2) is 43.6 Å². The van der Waals surface area contributed by atoms with Gasteiger partial charge in [0.05, 0.1) is 36.2 Å². The van der Waals surface area contributed by atoms with Crippen LogP contribution in [-0.2, 0) is 35.5 Å². The Bertz CT molecular complexity index is 1460. The molecule has 1 N–H and O–H groups in total. The maximum Gasteiger partial charge on any atom is 0.416 e. The summed E-state index contributed by atoms with van der Waals surface area (Å²) in [5.74, 6) is -0.850. The van der Waals surface area contributed by atoms with E-state index in [0.29, 0.717) is 23.3 Å². The van der Waals surface area contributed by atoms with Crippen LogP contribution >= 0.6 is 0 Å². The average molecular weight is 574 g/mol. The number of carbonyl (C=O) groups excluding carboxylic acids is 1. The first kappa shape index (κ1) is 28.4. The molecule has 14 heteroatoms. The van der Waals surface area contributed by atoms with Crippen LogP contribution in [0, 0.1) is 0 Å². The SMILES string of the molecule is CS(=O)(=O)NCc1cc(-c2ccccc2)c2c(n1)OCCN(Cc1cc(C(F)(F)F)cc(C(F)(F)F)c1)C2=O. The molecule has 0 radical (unpaired) electrons. The Morgan fingerprint density at radius 2 is 1.59 bits per heavy atom. The molecule has 39 heavy (non-hydrogen) atoms. The summed E-state index contributed by atoms with van der Waals surface area (Å²) in [5, 5.41) is 0. The molecule has 7 nitrogen and oxygen atoms in total. The van der Waals surface area contributed by atoms with Crippen molar-refractivity contribution in [1.82, 2.24) is 14.6 Å². The number of carbonyl (C=O) groups is 1. The highest BCUT2D eigenvalue weighted by Gasteiger charge is 2.37. The fourth-order valence-electron chi connectivity index (χ4n) is 4.02. The van der Waals surface area contributed by atoms with E-state index < -0.39 is 46.0 Å². The first-order valence-corrected chi connectivity index (χ1v) is 13.3. The monoisotopic (exact) mass is 573 g/mol. The number of benzene rings is 2. The van der Waals surface area contributed by atoms with E-state index in [-0.39, 0.29) is 48.5 Å². The van der Waals surface area contributed by atoms with Gasteiger partial charge in [0.1, 0.15) is 12.2 Å². The first-order chi connectivity index (χ1) is 18.1. The number of aromatic nitrogens is 1. The number of nitrogens with one attached hydrogen (secondary N) is 1. The highest BCUT2D eigenvalue weighted by molar-refractivity contribution is 7.88. The van der Waals surface area contributed by atoms with Gasteiger partial charge in [-0.3, -0.25) is 4.79 Å². The first-order valence-electron chi connectivity index (χ1n) is 11.4. The lowest BCUT2D eigenvalue weighted by Crippen LogP contribution is -2.32. The Morgan fingerprint density at radius 1 is 0.974 bits per heavy atom. The minimum absolute atomic E-state index is 0.0235. The Kier molecular flexibility index (Phi) is 7.63. The fourth-order valence-corrected chi connectivity index (χ4v) is 4.43. The van der Waals surface area contributed by atoms with Gasteiger partial charge in [-0.2, -0.15) is 26.3 Å². The predicted octanol–water partition coefficient (Wildman–Crippen LogP) is 4.87. The molecular formula is C25H21F6N3O4S. The molecule has 1 aliphatic rings. The number of sulfonamides is 1. The Balaban J connectivity index is 1.77. The van der Waals surface area contributed by atoms with E-state index in [1.165, 1.54) is 6.07 Å². The van der Waals surface area contributed by atoms with E-state index in [1.807, 2.05) is 0 Å². The van der Waals surface area contributed by atoms with Gasteiger partial charge in [-0.15, -0.1) is 0 Å². The van der Waals surface area contributed by atoms with Crippen molar-refractivity contribution < 1.29 is 44.3 Å². The second-order valence-corrected chi connectivity index (χ2v) is 10.6. The zero-order valence-electron chi connectivity index (χ0n) is 20.2. The number of hydrogen-bond acceptors (Lipinski definition) is 5. The van der Waals surface area contributed by atoms with Gasteiger partial charge in [0.2, 0.25) is 15.9 Å². The lowest BCUT2D eigenvalue weighted by molar-refractivity contribution is -0.143. The van der Waals surface area contributed by atoms with Crippen LogP contribution in [0.2, 0.25) is 0 Å². The van der Waals surface area contributed by atoms with Gasteiger partial charge in [-0.1, -0.05) is 30.3 Å². The summed E-state index contributed by atoms with van der Waals surface area (Å²) in [4.78, 5) is 19.0. The van der Waals surface area contributed by atoms with E-state index in [2.05, 4.69) is 9.71 Å². The molecule has 2 heterocycles. The Morgan fingerprint density at radius 3 is 2.15 bits per heavy atom. The van der Waals surface area contributed by atoms with Crippen LogP contribution in [0.4, 0.5) is 26.3 Å². The van der Waals surface area contributed by atoms with E-state index in [0.717, 1.165) is 11.2 Å². The molecule has 2 aromatic carbocycles. The second-order valence-electron chi connectivity index (χ2n) is 8.79. The topological polar surface area (TPSA) is 88.6 Å². The van der Waals surface area contributed by atoms with Crippen molar-refractivity contribution in [1.29, 1.82) is 0 Å². The zero-order chi connectivity index (χ0) is 28.6. The zero-order valence-corrected chi connectivity index (χ0v) is 21.0. The minimum Gasteiger partial charge on any atom is -0.475 e. The van der Waals surface area contributed by atoms with Gasteiger partial charge in [-0.05, 0) is 35.4 Å². The van der Waals surface area contributed by atoms with Crippen LogP contribution in [0.3, 0.4) is 0 Å². The van der Waals surface area contributed by atoms with Crippen molar-refractivity contribution in [3.8, 4) is 17.0 Å². The van der Waals surface area contributed by atoms with Crippen molar-refractivity contribution in [3.63, 3.8) is 0 Å².